The molecular weight excluding hydrogens is 228 g/mol. The fourth-order valence-electron chi connectivity index (χ4n) is 2.32. The van der Waals surface area contributed by atoms with Crippen LogP contribution in [0.4, 0.5) is 0 Å². The molecule has 2 rings (SSSR count). The lowest BCUT2D eigenvalue weighted by Gasteiger charge is -2.25. The van der Waals surface area contributed by atoms with Gasteiger partial charge in [0.2, 0.25) is 5.91 Å². The number of aryl methyl sites for hydroxylation is 1. The topological polar surface area (TPSA) is 49.3 Å². The van der Waals surface area contributed by atoms with Crippen molar-refractivity contribution >= 4 is 5.91 Å². The zero-order valence-corrected chi connectivity index (χ0v) is 11.3. The summed E-state index contributed by atoms with van der Waals surface area (Å²) in [4.78, 5) is 24.7. The maximum atomic E-state index is 12.2. The first-order valence-electron chi connectivity index (χ1n) is 6.31. The quantitative estimate of drug-likeness (QED) is 0.801. The average molecular weight is 248 g/mol. The number of nitrogens with zero attached hydrogens (tertiary/aromatic N) is 4. The molecule has 0 aliphatic carbocycles. The van der Waals surface area contributed by atoms with Crippen molar-refractivity contribution in [3.8, 4) is 0 Å². The van der Waals surface area contributed by atoms with Crippen molar-refractivity contribution in [1.29, 1.82) is 0 Å². The maximum absolute atomic E-state index is 12.2. The van der Waals surface area contributed by atoms with Gasteiger partial charge < -0.3 is 9.80 Å². The van der Waals surface area contributed by atoms with Gasteiger partial charge in [0.1, 0.15) is 0 Å². The van der Waals surface area contributed by atoms with Crippen LogP contribution in [0.15, 0.2) is 12.3 Å². The molecule has 98 valence electrons. The lowest BCUT2D eigenvalue weighted by molar-refractivity contribution is -0.132. The lowest BCUT2D eigenvalue weighted by Crippen LogP contribution is -2.37. The van der Waals surface area contributed by atoms with Gasteiger partial charge in [0.05, 0.1) is 12.6 Å². The Balaban J connectivity index is 2.14. The van der Waals surface area contributed by atoms with Gasteiger partial charge in [-0.15, -0.1) is 0 Å². The van der Waals surface area contributed by atoms with Crippen LogP contribution in [0.25, 0.3) is 0 Å². The second-order valence-electron chi connectivity index (χ2n) is 5.04. The summed E-state index contributed by atoms with van der Waals surface area (Å²) >= 11 is 0. The Bertz CT molecular complexity index is 433. The van der Waals surface area contributed by atoms with E-state index in [2.05, 4.69) is 9.97 Å². The number of likely N-dealkylation sites (tertiary alicyclic amines) is 1. The Morgan fingerprint density at radius 1 is 1.56 bits per heavy atom. The maximum Gasteiger partial charge on any atom is 0.237 e. The van der Waals surface area contributed by atoms with Crippen LogP contribution in [0.3, 0.4) is 0 Å². The zero-order valence-electron chi connectivity index (χ0n) is 11.3. The van der Waals surface area contributed by atoms with Gasteiger partial charge in [-0.3, -0.25) is 4.79 Å². The molecule has 1 atom stereocenters. The third-order valence-electron chi connectivity index (χ3n) is 3.14. The van der Waals surface area contributed by atoms with Crippen molar-refractivity contribution in [2.24, 2.45) is 0 Å². The van der Waals surface area contributed by atoms with E-state index in [1.54, 1.807) is 6.20 Å². The van der Waals surface area contributed by atoms with Crippen molar-refractivity contribution in [2.75, 3.05) is 27.2 Å². The number of hydrogen-bond acceptors (Lipinski definition) is 4. The Hall–Kier alpha value is -1.49. The molecule has 0 spiro atoms. The van der Waals surface area contributed by atoms with Crippen LogP contribution in [0.1, 0.15) is 30.4 Å². The van der Waals surface area contributed by atoms with E-state index in [4.69, 9.17) is 0 Å². The highest BCUT2D eigenvalue weighted by atomic mass is 16.2. The Kier molecular flexibility index (Phi) is 3.91. The van der Waals surface area contributed by atoms with Gasteiger partial charge >= 0.3 is 0 Å². The fraction of sp³-hybridized carbons (Fsp3) is 0.615. The van der Waals surface area contributed by atoms with E-state index in [-0.39, 0.29) is 11.9 Å². The molecular formula is C13H20N4O. The first kappa shape index (κ1) is 13.0. The van der Waals surface area contributed by atoms with Crippen LogP contribution < -0.4 is 0 Å². The highest BCUT2D eigenvalue weighted by Gasteiger charge is 2.31. The normalized spacial score (nSPS) is 19.6. The summed E-state index contributed by atoms with van der Waals surface area (Å²) in [6.07, 6.45) is 3.76. The molecule has 1 aliphatic rings. The number of amides is 1. The molecule has 1 aliphatic heterocycles. The SMILES string of the molecule is Cc1ccnc(C2CCCN2C(=O)CN(C)C)n1. The molecule has 0 N–H and O–H groups in total. The van der Waals surface area contributed by atoms with Gasteiger partial charge in [0, 0.05) is 18.4 Å². The molecule has 18 heavy (non-hydrogen) atoms. The van der Waals surface area contributed by atoms with Crippen LogP contribution in [-0.4, -0.2) is 52.9 Å². The van der Waals surface area contributed by atoms with Gasteiger partial charge in [0.25, 0.3) is 0 Å². The van der Waals surface area contributed by atoms with Gasteiger partial charge in [-0.2, -0.15) is 0 Å². The third-order valence-corrected chi connectivity index (χ3v) is 3.14. The van der Waals surface area contributed by atoms with Crippen LogP contribution in [-0.2, 0) is 4.79 Å². The first-order valence-corrected chi connectivity index (χ1v) is 6.31. The van der Waals surface area contributed by atoms with Crippen LogP contribution in [0.2, 0.25) is 0 Å². The van der Waals surface area contributed by atoms with Crippen molar-refractivity contribution in [3.63, 3.8) is 0 Å². The van der Waals surface area contributed by atoms with E-state index in [9.17, 15) is 4.79 Å². The number of rotatable bonds is 3. The van der Waals surface area contributed by atoms with E-state index in [0.717, 1.165) is 30.9 Å². The van der Waals surface area contributed by atoms with Crippen LogP contribution in [0.5, 0.6) is 0 Å². The molecule has 0 bridgehead atoms. The average Bonchev–Trinajstić information content (AvgIpc) is 2.76. The second-order valence-corrected chi connectivity index (χ2v) is 5.04. The second kappa shape index (κ2) is 5.44. The molecule has 1 aromatic rings. The first-order chi connectivity index (χ1) is 8.58. The highest BCUT2D eigenvalue weighted by Crippen LogP contribution is 2.29. The van der Waals surface area contributed by atoms with Crippen LogP contribution in [0, 0.1) is 6.92 Å². The van der Waals surface area contributed by atoms with Crippen molar-refractivity contribution in [2.45, 2.75) is 25.8 Å². The summed E-state index contributed by atoms with van der Waals surface area (Å²) < 4.78 is 0. The lowest BCUT2D eigenvalue weighted by atomic mass is 10.2. The molecule has 0 aromatic carbocycles. The minimum Gasteiger partial charge on any atom is -0.331 e. The number of carbonyl (C=O) groups is 1. The monoisotopic (exact) mass is 248 g/mol. The predicted octanol–water partition coefficient (Wildman–Crippen LogP) is 1.01. The van der Waals surface area contributed by atoms with Crippen molar-refractivity contribution in [3.05, 3.63) is 23.8 Å². The summed E-state index contributed by atoms with van der Waals surface area (Å²) in [6, 6.07) is 1.93. The number of aromatic nitrogens is 2. The molecule has 1 unspecified atom stereocenters. The van der Waals surface area contributed by atoms with Crippen molar-refractivity contribution < 1.29 is 4.79 Å². The minimum atomic E-state index is 0.0531. The van der Waals surface area contributed by atoms with Gasteiger partial charge in [-0.25, -0.2) is 9.97 Å². The smallest absolute Gasteiger partial charge is 0.237 e. The standard InChI is InChI=1S/C13H20N4O/c1-10-6-7-14-13(15-10)11-5-4-8-17(11)12(18)9-16(2)3/h6-7,11H,4-5,8-9H2,1-3H3. The summed E-state index contributed by atoms with van der Waals surface area (Å²) in [6.45, 7) is 3.21. The zero-order chi connectivity index (χ0) is 13.1. The van der Waals surface area contributed by atoms with Gasteiger partial charge in [0.15, 0.2) is 5.82 Å². The summed E-state index contributed by atoms with van der Waals surface area (Å²) in [5.41, 5.74) is 0.951. The molecule has 0 saturated carbocycles. The van der Waals surface area contributed by atoms with E-state index in [0.29, 0.717) is 6.54 Å². The summed E-state index contributed by atoms with van der Waals surface area (Å²) in [5.74, 6) is 0.937. The Morgan fingerprint density at radius 3 is 3.00 bits per heavy atom. The fourth-order valence-corrected chi connectivity index (χ4v) is 2.32. The molecule has 2 heterocycles. The molecule has 1 fully saturated rings. The molecule has 5 heteroatoms. The molecule has 5 nitrogen and oxygen atoms in total. The molecule has 1 aromatic heterocycles. The number of carbonyl (C=O) groups excluding carboxylic acids is 1. The minimum absolute atomic E-state index is 0.0531. The van der Waals surface area contributed by atoms with Crippen LogP contribution >= 0.6 is 0 Å². The number of hydrogen-bond donors (Lipinski definition) is 0. The predicted molar refractivity (Wildman–Crippen MR) is 69.0 cm³/mol. The molecule has 0 radical (unpaired) electrons. The summed E-state index contributed by atoms with van der Waals surface area (Å²) in [5, 5.41) is 0. The van der Waals surface area contributed by atoms with Gasteiger partial charge in [-0.05, 0) is 39.9 Å². The molecule has 1 amide bonds. The van der Waals surface area contributed by atoms with E-state index >= 15 is 0 Å². The largest absolute Gasteiger partial charge is 0.331 e. The Labute approximate surface area is 108 Å². The third kappa shape index (κ3) is 2.85. The van der Waals surface area contributed by atoms with E-state index < -0.39 is 0 Å². The van der Waals surface area contributed by atoms with Crippen molar-refractivity contribution in [1.82, 2.24) is 19.8 Å². The Morgan fingerprint density at radius 2 is 2.33 bits per heavy atom. The van der Waals surface area contributed by atoms with E-state index in [1.807, 2.05) is 36.9 Å². The van der Waals surface area contributed by atoms with Gasteiger partial charge in [-0.1, -0.05) is 0 Å². The molecule has 1 saturated heterocycles. The number of likely N-dealkylation sites (N-methyl/N-ethyl adjacent to an activating group) is 1. The summed E-state index contributed by atoms with van der Waals surface area (Å²) in [7, 11) is 3.82. The highest BCUT2D eigenvalue weighted by molar-refractivity contribution is 5.78. The van der Waals surface area contributed by atoms with E-state index in [1.165, 1.54) is 0 Å².